The van der Waals surface area contributed by atoms with Gasteiger partial charge in [0.1, 0.15) is 11.2 Å². The molecule has 0 bridgehead atoms. The molecular formula is C14H14ClF3N4. The first-order chi connectivity index (χ1) is 10.3. The monoisotopic (exact) mass is 330 g/mol. The molecule has 1 aromatic heterocycles. The molecule has 4 nitrogen and oxygen atoms in total. The summed E-state index contributed by atoms with van der Waals surface area (Å²) in [6.45, 7) is 0. The van der Waals surface area contributed by atoms with E-state index in [4.69, 9.17) is 11.6 Å². The molecule has 0 aliphatic heterocycles. The summed E-state index contributed by atoms with van der Waals surface area (Å²) in [5, 5.41) is 3.08. The number of nitrogens with one attached hydrogen (secondary N) is 1. The van der Waals surface area contributed by atoms with E-state index in [1.807, 2.05) is 0 Å². The smallest absolute Gasteiger partial charge is 0.324 e. The Balaban J connectivity index is 2.29. The zero-order valence-electron chi connectivity index (χ0n) is 11.9. The van der Waals surface area contributed by atoms with E-state index in [1.165, 1.54) is 38.5 Å². The molecule has 0 amide bonds. The lowest BCUT2D eigenvalue weighted by molar-refractivity contribution is -0.179. The summed E-state index contributed by atoms with van der Waals surface area (Å²) >= 11 is 5.75. The van der Waals surface area contributed by atoms with Crippen LogP contribution in [-0.4, -0.2) is 35.1 Å². The maximum atomic E-state index is 13.2. The van der Waals surface area contributed by atoms with E-state index in [0.29, 0.717) is 5.69 Å². The van der Waals surface area contributed by atoms with E-state index < -0.39 is 12.2 Å². The lowest BCUT2D eigenvalue weighted by atomic mass is 10.0. The summed E-state index contributed by atoms with van der Waals surface area (Å²) in [6, 6.07) is 5.86. The molecule has 22 heavy (non-hydrogen) atoms. The highest BCUT2D eigenvalue weighted by Crippen LogP contribution is 2.37. The Morgan fingerprint density at radius 1 is 1.23 bits per heavy atom. The van der Waals surface area contributed by atoms with Crippen molar-refractivity contribution in [3.63, 3.8) is 0 Å². The van der Waals surface area contributed by atoms with Crippen LogP contribution in [0.25, 0.3) is 0 Å². The van der Waals surface area contributed by atoms with Gasteiger partial charge in [0.25, 0.3) is 0 Å². The third-order valence-electron chi connectivity index (χ3n) is 2.91. The van der Waals surface area contributed by atoms with Crippen molar-refractivity contribution in [1.82, 2.24) is 14.9 Å². The van der Waals surface area contributed by atoms with Gasteiger partial charge in [-0.3, -0.25) is 4.90 Å². The summed E-state index contributed by atoms with van der Waals surface area (Å²) in [4.78, 5) is 9.01. The van der Waals surface area contributed by atoms with E-state index in [9.17, 15) is 13.2 Å². The van der Waals surface area contributed by atoms with Crippen molar-refractivity contribution in [2.45, 2.75) is 12.2 Å². The first-order valence-corrected chi connectivity index (χ1v) is 6.74. The number of hydrogen-bond acceptors (Lipinski definition) is 4. The zero-order valence-corrected chi connectivity index (χ0v) is 12.7. The van der Waals surface area contributed by atoms with Crippen molar-refractivity contribution < 1.29 is 13.2 Å². The number of alkyl halides is 3. The lowest BCUT2D eigenvalue weighted by Crippen LogP contribution is -2.33. The van der Waals surface area contributed by atoms with Crippen molar-refractivity contribution >= 4 is 23.2 Å². The van der Waals surface area contributed by atoms with Crippen LogP contribution in [0.1, 0.15) is 11.6 Å². The first kappa shape index (κ1) is 16.5. The van der Waals surface area contributed by atoms with Gasteiger partial charge in [-0.1, -0.05) is 23.7 Å². The Bertz CT molecular complexity index is 646. The number of aromatic nitrogens is 2. The van der Waals surface area contributed by atoms with Gasteiger partial charge >= 0.3 is 6.18 Å². The van der Waals surface area contributed by atoms with Gasteiger partial charge in [0.05, 0.1) is 0 Å². The Hall–Kier alpha value is -1.86. The minimum Gasteiger partial charge on any atom is -0.324 e. The summed E-state index contributed by atoms with van der Waals surface area (Å²) in [6.07, 6.45) is -2.91. The highest BCUT2D eigenvalue weighted by atomic mass is 35.5. The van der Waals surface area contributed by atoms with Crippen molar-refractivity contribution in [2.24, 2.45) is 0 Å². The molecule has 118 valence electrons. The van der Waals surface area contributed by atoms with Gasteiger partial charge in [0.15, 0.2) is 0 Å². The molecule has 0 aliphatic carbocycles. The molecule has 0 radical (unpaired) electrons. The van der Waals surface area contributed by atoms with E-state index in [1.54, 1.807) is 12.1 Å². The van der Waals surface area contributed by atoms with Crippen LogP contribution in [0.3, 0.4) is 0 Å². The standard InChI is InChI=1S/C14H14ClF3N4/c1-22(2)12(14(16,17)18)9-4-3-5-10(8-9)20-13-19-7-6-11(15)21-13/h3-8,12H,1-2H3,(H,19,20,21). The van der Waals surface area contributed by atoms with Crippen LogP contribution in [0.4, 0.5) is 24.8 Å². The fourth-order valence-corrected chi connectivity index (χ4v) is 2.23. The number of benzene rings is 1. The molecule has 0 fully saturated rings. The van der Waals surface area contributed by atoms with Gasteiger partial charge in [-0.05, 0) is 37.9 Å². The Kier molecular flexibility index (Phi) is 4.87. The summed E-state index contributed by atoms with van der Waals surface area (Å²) in [5.41, 5.74) is 0.584. The average Bonchev–Trinajstić information content (AvgIpc) is 2.36. The minimum atomic E-state index is -4.37. The van der Waals surface area contributed by atoms with Crippen LogP contribution in [0.5, 0.6) is 0 Å². The SMILES string of the molecule is CN(C)C(c1cccc(Nc2nccc(Cl)n2)c1)C(F)(F)F. The van der Waals surface area contributed by atoms with Crippen molar-refractivity contribution in [3.05, 3.63) is 47.2 Å². The fourth-order valence-electron chi connectivity index (χ4n) is 2.09. The quantitative estimate of drug-likeness (QED) is 0.859. The third-order valence-corrected chi connectivity index (χ3v) is 3.12. The summed E-state index contributed by atoms with van der Waals surface area (Å²) < 4.78 is 39.5. The normalized spacial score (nSPS) is 13.2. The maximum absolute atomic E-state index is 13.2. The fraction of sp³-hybridized carbons (Fsp3) is 0.286. The molecule has 0 aliphatic rings. The Morgan fingerprint density at radius 2 is 1.95 bits per heavy atom. The molecule has 1 aromatic carbocycles. The van der Waals surface area contributed by atoms with E-state index in [-0.39, 0.29) is 16.7 Å². The van der Waals surface area contributed by atoms with Crippen molar-refractivity contribution in [2.75, 3.05) is 19.4 Å². The topological polar surface area (TPSA) is 41.0 Å². The van der Waals surface area contributed by atoms with Gasteiger partial charge < -0.3 is 5.32 Å². The Morgan fingerprint density at radius 3 is 2.55 bits per heavy atom. The van der Waals surface area contributed by atoms with Crippen molar-refractivity contribution in [3.8, 4) is 0 Å². The summed E-state index contributed by atoms with van der Waals surface area (Å²) in [5.74, 6) is 0.220. The van der Waals surface area contributed by atoms with E-state index in [2.05, 4.69) is 15.3 Å². The molecule has 1 N–H and O–H groups in total. The zero-order chi connectivity index (χ0) is 16.3. The molecule has 8 heteroatoms. The highest BCUT2D eigenvalue weighted by Gasteiger charge is 2.42. The number of rotatable bonds is 4. The number of nitrogens with zero attached hydrogens (tertiary/aromatic N) is 3. The van der Waals surface area contributed by atoms with Crippen LogP contribution in [-0.2, 0) is 0 Å². The van der Waals surface area contributed by atoms with Crippen LogP contribution >= 0.6 is 11.6 Å². The Labute approximate surface area is 130 Å². The predicted molar refractivity (Wildman–Crippen MR) is 79.2 cm³/mol. The molecule has 1 unspecified atom stereocenters. The molecule has 1 heterocycles. The minimum absolute atomic E-state index is 0.129. The van der Waals surface area contributed by atoms with Gasteiger partial charge in [0, 0.05) is 11.9 Å². The number of halogens is 4. The molecule has 0 saturated heterocycles. The first-order valence-electron chi connectivity index (χ1n) is 6.36. The van der Waals surface area contributed by atoms with Crippen LogP contribution in [0.2, 0.25) is 5.15 Å². The molecular weight excluding hydrogens is 317 g/mol. The van der Waals surface area contributed by atoms with Gasteiger partial charge in [-0.15, -0.1) is 0 Å². The maximum Gasteiger partial charge on any atom is 0.408 e. The highest BCUT2D eigenvalue weighted by molar-refractivity contribution is 6.29. The molecule has 0 saturated carbocycles. The largest absolute Gasteiger partial charge is 0.408 e. The number of hydrogen-bond donors (Lipinski definition) is 1. The van der Waals surface area contributed by atoms with E-state index in [0.717, 1.165) is 4.90 Å². The third kappa shape index (κ3) is 4.08. The predicted octanol–water partition coefficient (Wildman–Crippen LogP) is 4.04. The van der Waals surface area contributed by atoms with Gasteiger partial charge in [-0.25, -0.2) is 9.97 Å². The molecule has 0 spiro atoms. The van der Waals surface area contributed by atoms with Crippen molar-refractivity contribution in [1.29, 1.82) is 0 Å². The molecule has 1 atom stereocenters. The van der Waals surface area contributed by atoms with E-state index >= 15 is 0 Å². The van der Waals surface area contributed by atoms with Gasteiger partial charge in [-0.2, -0.15) is 13.2 Å². The van der Waals surface area contributed by atoms with Crippen LogP contribution in [0, 0.1) is 0 Å². The summed E-state index contributed by atoms with van der Waals surface area (Å²) in [7, 11) is 2.77. The second kappa shape index (κ2) is 6.50. The molecule has 2 aromatic rings. The van der Waals surface area contributed by atoms with Gasteiger partial charge in [0.2, 0.25) is 5.95 Å². The van der Waals surface area contributed by atoms with Crippen LogP contribution < -0.4 is 5.32 Å². The molecule has 2 rings (SSSR count). The second-order valence-corrected chi connectivity index (χ2v) is 5.25. The van der Waals surface area contributed by atoms with Crippen LogP contribution in [0.15, 0.2) is 36.5 Å². The number of anilines is 2. The second-order valence-electron chi connectivity index (χ2n) is 4.86. The lowest BCUT2D eigenvalue weighted by Gasteiger charge is -2.27. The average molecular weight is 331 g/mol.